The molecule has 0 aliphatic heterocycles. The van der Waals surface area contributed by atoms with Crippen LogP contribution >= 0.6 is 0 Å². The Kier molecular flexibility index (Phi) is 0.870. The molecule has 2 aliphatic carbocycles. The Labute approximate surface area is 49.1 Å². The molecule has 0 unspecified atom stereocenters. The first-order valence-corrected chi connectivity index (χ1v) is 3.52. The molecule has 0 heterocycles. The lowest BCUT2D eigenvalue weighted by Crippen LogP contribution is -2.03. The van der Waals surface area contributed by atoms with Crippen LogP contribution in [0.25, 0.3) is 0 Å². The summed E-state index contributed by atoms with van der Waals surface area (Å²) in [5.41, 5.74) is 0. The number of hydrogen-bond donors (Lipinski definition) is 0. The van der Waals surface area contributed by atoms with E-state index in [1.165, 1.54) is 25.7 Å². The molecule has 46 valence electrons. The fourth-order valence-electron chi connectivity index (χ4n) is 2.17. The van der Waals surface area contributed by atoms with Crippen molar-refractivity contribution in [1.82, 2.24) is 0 Å². The molecular formula is C7H11F. The van der Waals surface area contributed by atoms with Gasteiger partial charge in [0.1, 0.15) is 6.17 Å². The summed E-state index contributed by atoms with van der Waals surface area (Å²) in [5.74, 6) is 0.944. The van der Waals surface area contributed by atoms with Gasteiger partial charge in [-0.15, -0.1) is 0 Å². The summed E-state index contributed by atoms with van der Waals surface area (Å²) < 4.78 is 12.8. The fraction of sp³-hybridized carbons (Fsp3) is 1.00. The zero-order valence-electron chi connectivity index (χ0n) is 4.94. The minimum Gasteiger partial charge on any atom is -0.247 e. The lowest BCUT2D eigenvalue weighted by Gasteiger charge is -2.03. The molecule has 0 aromatic carbocycles. The molecule has 0 radical (unpaired) electrons. The third kappa shape index (κ3) is 0.448. The Morgan fingerprint density at radius 3 is 1.38 bits per heavy atom. The molecule has 0 atom stereocenters. The molecule has 0 nitrogen and oxygen atoms in total. The first-order valence-electron chi connectivity index (χ1n) is 3.52. The Morgan fingerprint density at radius 1 is 0.875 bits per heavy atom. The van der Waals surface area contributed by atoms with Crippen molar-refractivity contribution in [3.05, 3.63) is 0 Å². The molecule has 0 aromatic rings. The summed E-state index contributed by atoms with van der Waals surface area (Å²) in [7, 11) is 0. The number of halogens is 1. The van der Waals surface area contributed by atoms with Crippen molar-refractivity contribution in [2.75, 3.05) is 0 Å². The van der Waals surface area contributed by atoms with Crippen LogP contribution in [0.2, 0.25) is 0 Å². The van der Waals surface area contributed by atoms with Crippen molar-refractivity contribution in [3.63, 3.8) is 0 Å². The first kappa shape index (κ1) is 4.78. The normalized spacial score (nSPS) is 52.9. The molecule has 0 aromatic heterocycles. The second-order valence-corrected chi connectivity index (χ2v) is 3.12. The van der Waals surface area contributed by atoms with Crippen LogP contribution in [0.4, 0.5) is 4.39 Å². The Bertz CT molecular complexity index is 80.6. The Hall–Kier alpha value is -0.0700. The van der Waals surface area contributed by atoms with Gasteiger partial charge in [-0.05, 0) is 37.5 Å². The average molecular weight is 114 g/mol. The standard InChI is InChI=1S/C7H11F/c8-7-5-1-2-6(7)4-3-5/h5-7H,1-4H2. The molecule has 0 amide bonds. The largest absolute Gasteiger partial charge is 0.247 e. The van der Waals surface area contributed by atoms with E-state index in [4.69, 9.17) is 0 Å². The molecule has 8 heavy (non-hydrogen) atoms. The van der Waals surface area contributed by atoms with Gasteiger partial charge in [0, 0.05) is 0 Å². The number of rotatable bonds is 0. The highest BCUT2D eigenvalue weighted by Gasteiger charge is 2.41. The van der Waals surface area contributed by atoms with Gasteiger partial charge in [0.2, 0.25) is 0 Å². The first-order chi connectivity index (χ1) is 3.88. The molecule has 2 bridgehead atoms. The van der Waals surface area contributed by atoms with Crippen molar-refractivity contribution >= 4 is 0 Å². The van der Waals surface area contributed by atoms with E-state index in [2.05, 4.69) is 0 Å². The van der Waals surface area contributed by atoms with E-state index in [9.17, 15) is 4.39 Å². The van der Waals surface area contributed by atoms with E-state index in [0.717, 1.165) is 0 Å². The van der Waals surface area contributed by atoms with Crippen LogP contribution < -0.4 is 0 Å². The van der Waals surface area contributed by atoms with E-state index in [1.807, 2.05) is 0 Å². The number of hydrogen-bond acceptors (Lipinski definition) is 0. The van der Waals surface area contributed by atoms with Gasteiger partial charge in [-0.25, -0.2) is 4.39 Å². The Morgan fingerprint density at radius 2 is 1.25 bits per heavy atom. The van der Waals surface area contributed by atoms with Gasteiger partial charge in [0.15, 0.2) is 0 Å². The maximum absolute atomic E-state index is 12.8. The van der Waals surface area contributed by atoms with Gasteiger partial charge >= 0.3 is 0 Å². The predicted molar refractivity (Wildman–Crippen MR) is 30.3 cm³/mol. The van der Waals surface area contributed by atoms with Crippen LogP contribution in [-0.4, -0.2) is 6.17 Å². The number of fused-ring (bicyclic) bond motifs is 2. The van der Waals surface area contributed by atoms with E-state index < -0.39 is 6.17 Å². The van der Waals surface area contributed by atoms with Crippen LogP contribution in [0.5, 0.6) is 0 Å². The highest BCUT2D eigenvalue weighted by atomic mass is 19.1. The lowest BCUT2D eigenvalue weighted by molar-refractivity contribution is 0.263. The van der Waals surface area contributed by atoms with Crippen LogP contribution in [-0.2, 0) is 0 Å². The smallest absolute Gasteiger partial charge is 0.106 e. The van der Waals surface area contributed by atoms with E-state index in [-0.39, 0.29) is 0 Å². The summed E-state index contributed by atoms with van der Waals surface area (Å²) in [6.07, 6.45) is 4.28. The monoisotopic (exact) mass is 114 g/mol. The SMILES string of the molecule is FC1C2CCC1CC2. The number of alkyl halides is 1. The molecule has 2 saturated carbocycles. The molecule has 2 fully saturated rings. The third-order valence-corrected chi connectivity index (χ3v) is 2.72. The predicted octanol–water partition coefficient (Wildman–Crippen LogP) is 2.14. The van der Waals surface area contributed by atoms with Crippen LogP contribution in [0.15, 0.2) is 0 Å². The molecular weight excluding hydrogens is 103 g/mol. The van der Waals surface area contributed by atoms with Gasteiger partial charge in [-0.3, -0.25) is 0 Å². The van der Waals surface area contributed by atoms with Gasteiger partial charge in [0.25, 0.3) is 0 Å². The molecule has 1 heteroatoms. The van der Waals surface area contributed by atoms with Crippen molar-refractivity contribution in [3.8, 4) is 0 Å². The average Bonchev–Trinajstić information content (AvgIpc) is 2.29. The van der Waals surface area contributed by atoms with Crippen LogP contribution in [0, 0.1) is 11.8 Å². The molecule has 0 saturated heterocycles. The highest BCUT2D eigenvalue weighted by Crippen LogP contribution is 2.46. The molecule has 2 rings (SSSR count). The van der Waals surface area contributed by atoms with E-state index >= 15 is 0 Å². The lowest BCUT2D eigenvalue weighted by atomic mass is 10.0. The molecule has 2 aliphatic rings. The van der Waals surface area contributed by atoms with Gasteiger partial charge < -0.3 is 0 Å². The molecule has 0 N–H and O–H groups in total. The topological polar surface area (TPSA) is 0 Å². The molecule has 0 spiro atoms. The minimum absolute atomic E-state index is 0.407. The highest BCUT2D eigenvalue weighted by molar-refractivity contribution is 4.91. The maximum atomic E-state index is 12.8. The maximum Gasteiger partial charge on any atom is 0.106 e. The van der Waals surface area contributed by atoms with Crippen LogP contribution in [0.1, 0.15) is 25.7 Å². The van der Waals surface area contributed by atoms with E-state index in [1.54, 1.807) is 0 Å². The minimum atomic E-state index is -0.407. The zero-order valence-corrected chi connectivity index (χ0v) is 4.94. The third-order valence-electron chi connectivity index (χ3n) is 2.72. The second-order valence-electron chi connectivity index (χ2n) is 3.12. The van der Waals surface area contributed by atoms with Crippen molar-refractivity contribution in [1.29, 1.82) is 0 Å². The summed E-state index contributed by atoms with van der Waals surface area (Å²) in [4.78, 5) is 0. The van der Waals surface area contributed by atoms with Crippen LogP contribution in [0.3, 0.4) is 0 Å². The van der Waals surface area contributed by atoms with E-state index in [0.29, 0.717) is 11.8 Å². The van der Waals surface area contributed by atoms with Gasteiger partial charge in [-0.2, -0.15) is 0 Å². The summed E-state index contributed by atoms with van der Waals surface area (Å²) in [6, 6.07) is 0. The summed E-state index contributed by atoms with van der Waals surface area (Å²) >= 11 is 0. The fourth-order valence-corrected chi connectivity index (χ4v) is 2.17. The zero-order chi connectivity index (χ0) is 5.56. The summed E-state index contributed by atoms with van der Waals surface area (Å²) in [5, 5.41) is 0. The van der Waals surface area contributed by atoms with Crippen molar-refractivity contribution < 1.29 is 4.39 Å². The quantitative estimate of drug-likeness (QED) is 0.452. The van der Waals surface area contributed by atoms with Crippen molar-refractivity contribution in [2.24, 2.45) is 11.8 Å². The van der Waals surface area contributed by atoms with Crippen molar-refractivity contribution in [2.45, 2.75) is 31.9 Å². The second kappa shape index (κ2) is 1.46. The Balaban J connectivity index is 2.16. The van der Waals surface area contributed by atoms with Gasteiger partial charge in [-0.1, -0.05) is 0 Å². The summed E-state index contributed by atoms with van der Waals surface area (Å²) in [6.45, 7) is 0. The van der Waals surface area contributed by atoms with Gasteiger partial charge in [0.05, 0.1) is 0 Å².